The molecule has 2 N–H and O–H groups in total. The molecule has 1 fully saturated rings. The van der Waals surface area contributed by atoms with Crippen LogP contribution in [0.3, 0.4) is 0 Å². The zero-order valence-corrected chi connectivity index (χ0v) is 15.3. The number of rotatable bonds is 6. The van der Waals surface area contributed by atoms with Crippen LogP contribution < -0.4 is 10.6 Å². The first-order valence-corrected chi connectivity index (χ1v) is 10.4. The molecule has 1 saturated carbocycles. The summed E-state index contributed by atoms with van der Waals surface area (Å²) >= 11 is 1.23. The molecule has 0 spiro atoms. The summed E-state index contributed by atoms with van der Waals surface area (Å²) in [6, 6.07) is 7.89. The third-order valence-corrected chi connectivity index (χ3v) is 7.18. The van der Waals surface area contributed by atoms with Crippen LogP contribution in [0.2, 0.25) is 0 Å². The number of thiophene rings is 1. The van der Waals surface area contributed by atoms with Gasteiger partial charge in [0.05, 0.1) is 4.90 Å². The van der Waals surface area contributed by atoms with E-state index in [0.29, 0.717) is 4.88 Å². The zero-order valence-electron chi connectivity index (χ0n) is 13.6. The van der Waals surface area contributed by atoms with Gasteiger partial charge in [0.15, 0.2) is 9.84 Å². The smallest absolute Gasteiger partial charge is 0.309 e. The Kier molecular flexibility index (Phi) is 5.38. The van der Waals surface area contributed by atoms with E-state index in [2.05, 4.69) is 10.6 Å². The molecule has 6 nitrogen and oxygen atoms in total. The highest BCUT2D eigenvalue weighted by Crippen LogP contribution is 2.31. The second-order valence-electron chi connectivity index (χ2n) is 5.96. The van der Waals surface area contributed by atoms with Gasteiger partial charge in [-0.25, -0.2) is 12.8 Å². The summed E-state index contributed by atoms with van der Waals surface area (Å²) in [4.78, 5) is 24.1. The minimum Gasteiger partial charge on any atom is -0.346 e. The number of hydrogen-bond donors (Lipinski definition) is 2. The van der Waals surface area contributed by atoms with Crippen molar-refractivity contribution in [2.24, 2.45) is 0 Å². The van der Waals surface area contributed by atoms with Gasteiger partial charge in [0, 0.05) is 17.5 Å². The second-order valence-corrected chi connectivity index (χ2v) is 9.07. The standard InChI is InChI=1S/C17H17FN2O4S2/c18-11-3-7-13(8-4-11)26(23,24)15(14-2-1-9-25-14)10-19-16(21)17(22)20-12-5-6-12/h1-4,7-9,12,15H,5-6,10H2,(H,19,21)(H,20,22)/t15-/m1/s1. The Morgan fingerprint density at radius 3 is 2.42 bits per heavy atom. The number of halogens is 1. The molecule has 1 atom stereocenters. The van der Waals surface area contributed by atoms with Crippen LogP contribution >= 0.6 is 11.3 Å². The van der Waals surface area contributed by atoms with Gasteiger partial charge < -0.3 is 10.6 Å². The highest BCUT2D eigenvalue weighted by molar-refractivity contribution is 7.91. The lowest BCUT2D eigenvalue weighted by Gasteiger charge is -2.17. The molecule has 2 amide bonds. The average molecular weight is 396 g/mol. The highest BCUT2D eigenvalue weighted by Gasteiger charge is 2.32. The minimum atomic E-state index is -3.88. The molecule has 1 aliphatic rings. The van der Waals surface area contributed by atoms with E-state index in [1.54, 1.807) is 17.5 Å². The summed E-state index contributed by atoms with van der Waals surface area (Å²) in [5.41, 5.74) is 0. The summed E-state index contributed by atoms with van der Waals surface area (Å²) < 4.78 is 39.0. The quantitative estimate of drug-likeness (QED) is 0.575. The van der Waals surface area contributed by atoms with Crippen molar-refractivity contribution in [3.63, 3.8) is 0 Å². The van der Waals surface area contributed by atoms with E-state index in [1.165, 1.54) is 23.5 Å². The number of carbonyl (C=O) groups excluding carboxylic acids is 2. The van der Waals surface area contributed by atoms with Gasteiger partial charge in [0.2, 0.25) is 0 Å². The van der Waals surface area contributed by atoms with E-state index < -0.39 is 32.7 Å². The first kappa shape index (κ1) is 18.5. The maximum atomic E-state index is 13.1. The Bertz CT molecular complexity index is 891. The molecule has 0 bridgehead atoms. The van der Waals surface area contributed by atoms with Crippen molar-refractivity contribution < 1.29 is 22.4 Å². The number of sulfone groups is 1. The minimum absolute atomic E-state index is 0.0318. The molecule has 0 unspecified atom stereocenters. The van der Waals surface area contributed by atoms with Crippen molar-refractivity contribution >= 4 is 33.0 Å². The molecule has 1 aliphatic carbocycles. The predicted octanol–water partition coefficient (Wildman–Crippen LogP) is 1.80. The van der Waals surface area contributed by atoms with Crippen LogP contribution in [0.5, 0.6) is 0 Å². The first-order chi connectivity index (χ1) is 12.4. The fraction of sp³-hybridized carbons (Fsp3) is 0.294. The molecular formula is C17H17FN2O4S2. The van der Waals surface area contributed by atoms with Gasteiger partial charge in [-0.15, -0.1) is 11.3 Å². The van der Waals surface area contributed by atoms with E-state index in [1.807, 2.05) is 0 Å². The normalized spacial score (nSPS) is 15.3. The van der Waals surface area contributed by atoms with Gasteiger partial charge >= 0.3 is 11.8 Å². The fourth-order valence-electron chi connectivity index (χ4n) is 2.37. The predicted molar refractivity (Wildman–Crippen MR) is 94.8 cm³/mol. The summed E-state index contributed by atoms with van der Waals surface area (Å²) in [6.07, 6.45) is 1.69. The third-order valence-electron chi connectivity index (χ3n) is 3.94. The van der Waals surface area contributed by atoms with E-state index in [9.17, 15) is 22.4 Å². The molecule has 0 aliphatic heterocycles. The van der Waals surface area contributed by atoms with Crippen LogP contribution in [0.15, 0.2) is 46.7 Å². The van der Waals surface area contributed by atoms with Crippen molar-refractivity contribution in [2.75, 3.05) is 6.54 Å². The molecule has 0 radical (unpaired) electrons. The number of nitrogens with one attached hydrogen (secondary N) is 2. The Balaban J connectivity index is 1.78. The van der Waals surface area contributed by atoms with Gasteiger partial charge in [-0.3, -0.25) is 9.59 Å². The summed E-state index contributed by atoms with van der Waals surface area (Å²) in [5.74, 6) is -2.17. The van der Waals surface area contributed by atoms with E-state index in [0.717, 1.165) is 25.0 Å². The van der Waals surface area contributed by atoms with Gasteiger partial charge in [-0.2, -0.15) is 0 Å². The highest BCUT2D eigenvalue weighted by atomic mass is 32.2. The van der Waals surface area contributed by atoms with Gasteiger partial charge in [0.1, 0.15) is 11.1 Å². The largest absolute Gasteiger partial charge is 0.346 e. The molecule has 26 heavy (non-hydrogen) atoms. The molecule has 9 heteroatoms. The summed E-state index contributed by atoms with van der Waals surface area (Å²) in [5, 5.41) is 5.61. The van der Waals surface area contributed by atoms with Crippen LogP contribution in [0.4, 0.5) is 4.39 Å². The van der Waals surface area contributed by atoms with E-state index in [4.69, 9.17) is 0 Å². The zero-order chi connectivity index (χ0) is 18.7. The van der Waals surface area contributed by atoms with Crippen molar-refractivity contribution in [3.8, 4) is 0 Å². The number of amides is 2. The lowest BCUT2D eigenvalue weighted by molar-refractivity contribution is -0.139. The molecule has 138 valence electrons. The lowest BCUT2D eigenvalue weighted by Crippen LogP contribution is -2.42. The van der Waals surface area contributed by atoms with Crippen molar-refractivity contribution in [1.82, 2.24) is 10.6 Å². The molecule has 1 heterocycles. The van der Waals surface area contributed by atoms with Crippen LogP contribution in [-0.2, 0) is 19.4 Å². The topological polar surface area (TPSA) is 92.3 Å². The molecular weight excluding hydrogens is 379 g/mol. The van der Waals surface area contributed by atoms with Crippen molar-refractivity contribution in [2.45, 2.75) is 29.0 Å². The number of carbonyl (C=O) groups is 2. The van der Waals surface area contributed by atoms with Crippen LogP contribution in [0.25, 0.3) is 0 Å². The van der Waals surface area contributed by atoms with Crippen molar-refractivity contribution in [1.29, 1.82) is 0 Å². The van der Waals surface area contributed by atoms with Crippen LogP contribution in [0, 0.1) is 5.82 Å². The second kappa shape index (κ2) is 7.55. The maximum absolute atomic E-state index is 13.1. The molecule has 0 saturated heterocycles. The van der Waals surface area contributed by atoms with Gasteiger partial charge in [-0.05, 0) is 48.6 Å². The average Bonchev–Trinajstić information content (AvgIpc) is 3.26. The molecule has 3 rings (SSSR count). The van der Waals surface area contributed by atoms with Crippen LogP contribution in [0.1, 0.15) is 23.0 Å². The maximum Gasteiger partial charge on any atom is 0.309 e. The third kappa shape index (κ3) is 4.28. The molecule has 1 aromatic carbocycles. The lowest BCUT2D eigenvalue weighted by atomic mass is 10.3. The first-order valence-electron chi connectivity index (χ1n) is 7.99. The Morgan fingerprint density at radius 2 is 1.85 bits per heavy atom. The van der Waals surface area contributed by atoms with Gasteiger partial charge in [-0.1, -0.05) is 6.07 Å². The van der Waals surface area contributed by atoms with E-state index in [-0.39, 0.29) is 17.5 Å². The van der Waals surface area contributed by atoms with Crippen molar-refractivity contribution in [3.05, 3.63) is 52.5 Å². The Labute approximate surface area is 154 Å². The van der Waals surface area contributed by atoms with Crippen LogP contribution in [-0.4, -0.2) is 32.8 Å². The fourth-order valence-corrected chi connectivity index (χ4v) is 5.15. The summed E-state index contributed by atoms with van der Waals surface area (Å²) in [6.45, 7) is -0.253. The summed E-state index contributed by atoms with van der Waals surface area (Å²) in [7, 11) is -3.88. The Morgan fingerprint density at radius 1 is 1.15 bits per heavy atom. The monoisotopic (exact) mass is 396 g/mol. The number of benzene rings is 1. The molecule has 2 aromatic rings. The van der Waals surface area contributed by atoms with E-state index >= 15 is 0 Å². The number of hydrogen-bond acceptors (Lipinski definition) is 5. The van der Waals surface area contributed by atoms with Gasteiger partial charge in [0.25, 0.3) is 0 Å². The Hall–Kier alpha value is -2.26. The molecule has 1 aromatic heterocycles. The SMILES string of the molecule is O=C(NC[C@H](c1cccs1)S(=O)(=O)c1ccc(F)cc1)C(=O)NC1CC1.